The summed E-state index contributed by atoms with van der Waals surface area (Å²) in [4.78, 5) is 10.4. The third kappa shape index (κ3) is 1.97. The lowest BCUT2D eigenvalue weighted by Gasteiger charge is -2.21. The molecule has 0 amide bonds. The van der Waals surface area contributed by atoms with Crippen LogP contribution >= 0.6 is 0 Å². The molecule has 0 rings (SSSR count). The average molecular weight is 194 g/mol. The molecule has 0 saturated carbocycles. The first kappa shape index (κ1) is 11.4. The second-order valence-electron chi connectivity index (χ2n) is 3.64. The Morgan fingerprint density at radius 3 is 1.75 bits per heavy atom. The normalized spacial score (nSPS) is 15.7. The van der Waals surface area contributed by atoms with Gasteiger partial charge >= 0.3 is 5.97 Å². The van der Waals surface area contributed by atoms with Crippen LogP contribution in [-0.2, 0) is 14.6 Å². The SMILES string of the molecule is CC(C(=O)O)S(=O)(=O)C(C)(C)C. The van der Waals surface area contributed by atoms with Crippen molar-refractivity contribution in [3.8, 4) is 0 Å². The molecular formula is C7H14O4S. The number of sulfone groups is 1. The van der Waals surface area contributed by atoms with Crippen molar-refractivity contribution < 1.29 is 18.3 Å². The molecule has 0 aliphatic rings. The van der Waals surface area contributed by atoms with Crippen LogP contribution in [0, 0.1) is 0 Å². The maximum atomic E-state index is 11.4. The molecule has 1 atom stereocenters. The van der Waals surface area contributed by atoms with Gasteiger partial charge < -0.3 is 5.11 Å². The van der Waals surface area contributed by atoms with E-state index in [4.69, 9.17) is 5.11 Å². The summed E-state index contributed by atoms with van der Waals surface area (Å²) >= 11 is 0. The van der Waals surface area contributed by atoms with E-state index in [1.165, 1.54) is 27.7 Å². The molecule has 1 N–H and O–H groups in total. The van der Waals surface area contributed by atoms with Gasteiger partial charge in [-0.05, 0) is 27.7 Å². The van der Waals surface area contributed by atoms with Crippen LogP contribution in [0.2, 0.25) is 0 Å². The Hall–Kier alpha value is -0.580. The predicted octanol–water partition coefficient (Wildman–Crippen LogP) is 0.673. The number of carboxylic acids is 1. The number of aliphatic carboxylic acids is 1. The predicted molar refractivity (Wildman–Crippen MR) is 45.8 cm³/mol. The van der Waals surface area contributed by atoms with Gasteiger partial charge in [-0.1, -0.05) is 0 Å². The van der Waals surface area contributed by atoms with E-state index in [9.17, 15) is 13.2 Å². The Bertz CT molecular complexity index is 270. The molecule has 0 spiro atoms. The number of hydrogen-bond acceptors (Lipinski definition) is 3. The topological polar surface area (TPSA) is 71.4 Å². The summed E-state index contributed by atoms with van der Waals surface area (Å²) in [5, 5.41) is 7.17. The van der Waals surface area contributed by atoms with E-state index in [2.05, 4.69) is 0 Å². The molecule has 0 fully saturated rings. The van der Waals surface area contributed by atoms with Gasteiger partial charge in [-0.25, -0.2) is 8.42 Å². The van der Waals surface area contributed by atoms with Crippen LogP contribution in [0.1, 0.15) is 27.7 Å². The lowest BCUT2D eigenvalue weighted by Crippen LogP contribution is -2.39. The molecule has 0 bridgehead atoms. The van der Waals surface area contributed by atoms with E-state index in [0.29, 0.717) is 0 Å². The lowest BCUT2D eigenvalue weighted by atomic mass is 10.3. The number of carboxylic acid groups (broad SMARTS) is 1. The van der Waals surface area contributed by atoms with Crippen molar-refractivity contribution in [2.75, 3.05) is 0 Å². The van der Waals surface area contributed by atoms with Crippen molar-refractivity contribution in [2.45, 2.75) is 37.7 Å². The second-order valence-corrected chi connectivity index (χ2v) is 6.66. The molecule has 0 saturated heterocycles. The fraction of sp³-hybridized carbons (Fsp3) is 0.857. The summed E-state index contributed by atoms with van der Waals surface area (Å²) in [5.41, 5.74) is 0. The van der Waals surface area contributed by atoms with Crippen LogP contribution < -0.4 is 0 Å². The number of rotatable bonds is 2. The van der Waals surface area contributed by atoms with Crippen LogP contribution in [0.4, 0.5) is 0 Å². The van der Waals surface area contributed by atoms with E-state index in [0.717, 1.165) is 0 Å². The van der Waals surface area contributed by atoms with Crippen molar-refractivity contribution in [2.24, 2.45) is 0 Å². The largest absolute Gasteiger partial charge is 0.480 e. The summed E-state index contributed by atoms with van der Waals surface area (Å²) in [6.45, 7) is 5.65. The van der Waals surface area contributed by atoms with Gasteiger partial charge in [-0.2, -0.15) is 0 Å². The monoisotopic (exact) mass is 194 g/mol. The standard InChI is InChI=1S/C7H14O4S/c1-5(6(8)9)12(10,11)7(2,3)4/h5H,1-4H3,(H,8,9). The molecular weight excluding hydrogens is 180 g/mol. The lowest BCUT2D eigenvalue weighted by molar-refractivity contribution is -0.136. The fourth-order valence-electron chi connectivity index (χ4n) is 0.663. The van der Waals surface area contributed by atoms with Gasteiger partial charge in [-0.15, -0.1) is 0 Å². The highest BCUT2D eigenvalue weighted by Crippen LogP contribution is 2.20. The van der Waals surface area contributed by atoms with E-state index in [1.807, 2.05) is 0 Å². The number of carbonyl (C=O) groups is 1. The molecule has 4 nitrogen and oxygen atoms in total. The highest BCUT2D eigenvalue weighted by atomic mass is 32.2. The van der Waals surface area contributed by atoms with Gasteiger partial charge in [-0.3, -0.25) is 4.79 Å². The Balaban J connectivity index is 5.03. The van der Waals surface area contributed by atoms with Crippen LogP contribution in [0.5, 0.6) is 0 Å². The van der Waals surface area contributed by atoms with Gasteiger partial charge in [0.1, 0.15) is 0 Å². The molecule has 5 heteroatoms. The van der Waals surface area contributed by atoms with Crippen molar-refractivity contribution in [1.29, 1.82) is 0 Å². The summed E-state index contributed by atoms with van der Waals surface area (Å²) in [5.74, 6) is -1.30. The summed E-state index contributed by atoms with van der Waals surface area (Å²) < 4.78 is 21.8. The smallest absolute Gasteiger partial charge is 0.321 e. The van der Waals surface area contributed by atoms with E-state index in [1.54, 1.807) is 0 Å². The quantitative estimate of drug-likeness (QED) is 0.701. The first-order valence-electron chi connectivity index (χ1n) is 3.57. The average Bonchev–Trinajstić information content (AvgIpc) is 1.83. The summed E-state index contributed by atoms with van der Waals surface area (Å²) in [7, 11) is -3.58. The zero-order chi connectivity index (χ0) is 10.2. The van der Waals surface area contributed by atoms with Crippen LogP contribution in [-0.4, -0.2) is 29.5 Å². The molecule has 0 heterocycles. The van der Waals surface area contributed by atoms with Gasteiger partial charge in [0.25, 0.3) is 0 Å². The molecule has 0 aromatic carbocycles. The van der Waals surface area contributed by atoms with Crippen molar-refractivity contribution in [3.63, 3.8) is 0 Å². The molecule has 0 aliphatic heterocycles. The summed E-state index contributed by atoms with van der Waals surface area (Å²) in [6.07, 6.45) is 0. The minimum atomic E-state index is -3.58. The highest BCUT2D eigenvalue weighted by molar-refractivity contribution is 7.94. The first-order chi connectivity index (χ1) is 5.10. The minimum Gasteiger partial charge on any atom is -0.480 e. The van der Waals surface area contributed by atoms with E-state index < -0.39 is 25.8 Å². The Morgan fingerprint density at radius 1 is 1.33 bits per heavy atom. The van der Waals surface area contributed by atoms with Crippen molar-refractivity contribution in [3.05, 3.63) is 0 Å². The molecule has 0 aromatic rings. The molecule has 0 aromatic heterocycles. The summed E-state index contributed by atoms with van der Waals surface area (Å²) in [6, 6.07) is 0. The van der Waals surface area contributed by atoms with E-state index in [-0.39, 0.29) is 0 Å². The maximum Gasteiger partial charge on any atom is 0.321 e. The minimum absolute atomic E-state index is 1.01. The van der Waals surface area contributed by atoms with Gasteiger partial charge in [0, 0.05) is 0 Å². The molecule has 72 valence electrons. The Kier molecular flexibility index (Phi) is 2.90. The van der Waals surface area contributed by atoms with E-state index >= 15 is 0 Å². The molecule has 0 aliphatic carbocycles. The van der Waals surface area contributed by atoms with Crippen LogP contribution in [0.15, 0.2) is 0 Å². The molecule has 12 heavy (non-hydrogen) atoms. The third-order valence-electron chi connectivity index (χ3n) is 1.67. The third-order valence-corrected chi connectivity index (χ3v) is 4.51. The van der Waals surface area contributed by atoms with Gasteiger partial charge in [0.2, 0.25) is 0 Å². The molecule has 1 unspecified atom stereocenters. The molecule has 0 radical (unpaired) electrons. The van der Waals surface area contributed by atoms with Crippen molar-refractivity contribution in [1.82, 2.24) is 0 Å². The zero-order valence-corrected chi connectivity index (χ0v) is 8.47. The van der Waals surface area contributed by atoms with Gasteiger partial charge in [0.05, 0.1) is 4.75 Å². The van der Waals surface area contributed by atoms with Gasteiger partial charge in [0.15, 0.2) is 15.1 Å². The highest BCUT2D eigenvalue weighted by Gasteiger charge is 2.38. The maximum absolute atomic E-state index is 11.4. The fourth-order valence-corrected chi connectivity index (χ4v) is 1.99. The Labute approximate surface area is 72.5 Å². The zero-order valence-electron chi connectivity index (χ0n) is 7.66. The van der Waals surface area contributed by atoms with Crippen LogP contribution in [0.3, 0.4) is 0 Å². The second kappa shape index (κ2) is 3.05. The first-order valence-corrected chi connectivity index (χ1v) is 5.11. The van der Waals surface area contributed by atoms with Crippen LogP contribution in [0.25, 0.3) is 0 Å². The Morgan fingerprint density at radius 2 is 1.67 bits per heavy atom. The number of hydrogen-bond donors (Lipinski definition) is 1. The van der Waals surface area contributed by atoms with Crippen molar-refractivity contribution >= 4 is 15.8 Å².